The van der Waals surface area contributed by atoms with Crippen molar-refractivity contribution in [3.8, 4) is 0 Å². The Kier molecular flexibility index (Phi) is 15.1. The number of hydrogen-bond donors (Lipinski definition) is 0. The highest BCUT2D eigenvalue weighted by Gasteiger charge is 2.17. The van der Waals surface area contributed by atoms with Crippen molar-refractivity contribution in [3.63, 3.8) is 0 Å². The molecule has 88 valence electrons. The number of piperidine rings is 1. The molecular formula is C12H29NO. The molecule has 1 rings (SSSR count). The standard InChI is InChI=1S/C8H17NO.2C2H6/c1-3-9-6-4-5-8(7-9)10-2;2*1-2/h8H,3-7H2,1-2H3;2*1-2H3. The number of rotatable bonds is 2. The maximum atomic E-state index is 5.28. The van der Waals surface area contributed by atoms with E-state index in [9.17, 15) is 0 Å². The van der Waals surface area contributed by atoms with Crippen LogP contribution in [0.1, 0.15) is 47.5 Å². The SMILES string of the molecule is CC.CC.CCN1CCCC(OC)C1. The Morgan fingerprint density at radius 3 is 2.21 bits per heavy atom. The van der Waals surface area contributed by atoms with Crippen molar-refractivity contribution in [3.05, 3.63) is 0 Å². The van der Waals surface area contributed by atoms with Crippen LogP contribution < -0.4 is 0 Å². The molecule has 1 aliphatic heterocycles. The molecule has 1 atom stereocenters. The third-order valence-corrected chi connectivity index (χ3v) is 2.24. The minimum atomic E-state index is 0.494. The first-order valence-corrected chi connectivity index (χ1v) is 6.12. The second-order valence-electron chi connectivity index (χ2n) is 2.89. The van der Waals surface area contributed by atoms with Gasteiger partial charge in [-0.15, -0.1) is 0 Å². The maximum absolute atomic E-state index is 5.28. The lowest BCUT2D eigenvalue weighted by Crippen LogP contribution is -2.38. The van der Waals surface area contributed by atoms with Crippen LogP contribution in [0.25, 0.3) is 0 Å². The smallest absolute Gasteiger partial charge is 0.0698 e. The van der Waals surface area contributed by atoms with E-state index in [1.807, 2.05) is 34.8 Å². The van der Waals surface area contributed by atoms with E-state index >= 15 is 0 Å². The molecule has 0 N–H and O–H groups in total. The minimum Gasteiger partial charge on any atom is -0.380 e. The molecule has 1 saturated heterocycles. The lowest BCUT2D eigenvalue weighted by molar-refractivity contribution is 0.0334. The Bertz CT molecular complexity index is 86.3. The number of hydrogen-bond acceptors (Lipinski definition) is 2. The van der Waals surface area contributed by atoms with Crippen LogP contribution in [0.4, 0.5) is 0 Å². The Hall–Kier alpha value is -0.0800. The zero-order valence-corrected chi connectivity index (χ0v) is 11.0. The normalized spacial score (nSPS) is 21.4. The second kappa shape index (κ2) is 12.9. The largest absolute Gasteiger partial charge is 0.380 e. The molecule has 0 aromatic carbocycles. The van der Waals surface area contributed by atoms with Gasteiger partial charge in [0.05, 0.1) is 6.10 Å². The summed E-state index contributed by atoms with van der Waals surface area (Å²) in [7, 11) is 1.81. The zero-order valence-electron chi connectivity index (χ0n) is 11.0. The van der Waals surface area contributed by atoms with Gasteiger partial charge in [0.2, 0.25) is 0 Å². The van der Waals surface area contributed by atoms with Crippen molar-refractivity contribution < 1.29 is 4.74 Å². The predicted molar refractivity (Wildman–Crippen MR) is 64.8 cm³/mol. The second-order valence-corrected chi connectivity index (χ2v) is 2.89. The van der Waals surface area contributed by atoms with Crippen LogP contribution in [0.2, 0.25) is 0 Å². The molecule has 1 heterocycles. The number of likely N-dealkylation sites (tertiary alicyclic amines) is 1. The van der Waals surface area contributed by atoms with Crippen LogP contribution in [0.3, 0.4) is 0 Å². The van der Waals surface area contributed by atoms with E-state index in [2.05, 4.69) is 11.8 Å². The number of likely N-dealkylation sites (N-methyl/N-ethyl adjacent to an activating group) is 1. The molecule has 1 aliphatic rings. The molecule has 1 fully saturated rings. The van der Waals surface area contributed by atoms with Gasteiger partial charge < -0.3 is 9.64 Å². The van der Waals surface area contributed by atoms with Crippen LogP contribution in [0, 0.1) is 0 Å². The van der Waals surface area contributed by atoms with Crippen molar-refractivity contribution in [2.75, 3.05) is 26.7 Å². The summed E-state index contributed by atoms with van der Waals surface area (Å²) < 4.78 is 5.28. The summed E-state index contributed by atoms with van der Waals surface area (Å²) in [5, 5.41) is 0. The number of nitrogens with zero attached hydrogens (tertiary/aromatic N) is 1. The van der Waals surface area contributed by atoms with E-state index in [-0.39, 0.29) is 0 Å². The molecular weight excluding hydrogens is 174 g/mol. The van der Waals surface area contributed by atoms with E-state index in [0.29, 0.717) is 6.10 Å². The Morgan fingerprint density at radius 2 is 1.79 bits per heavy atom. The van der Waals surface area contributed by atoms with E-state index < -0.39 is 0 Å². The monoisotopic (exact) mass is 203 g/mol. The van der Waals surface area contributed by atoms with E-state index in [4.69, 9.17) is 4.74 Å². The lowest BCUT2D eigenvalue weighted by Gasteiger charge is -2.30. The quantitative estimate of drug-likeness (QED) is 0.683. The van der Waals surface area contributed by atoms with Crippen LogP contribution in [0.15, 0.2) is 0 Å². The van der Waals surface area contributed by atoms with E-state index in [1.54, 1.807) is 0 Å². The molecule has 2 nitrogen and oxygen atoms in total. The molecule has 2 heteroatoms. The fourth-order valence-electron chi connectivity index (χ4n) is 1.49. The first-order chi connectivity index (χ1) is 6.86. The zero-order chi connectivity index (χ0) is 11.4. The molecule has 1 unspecified atom stereocenters. The molecule has 0 radical (unpaired) electrons. The summed E-state index contributed by atoms with van der Waals surface area (Å²) in [6.07, 6.45) is 3.04. The molecule has 0 bridgehead atoms. The highest BCUT2D eigenvalue weighted by atomic mass is 16.5. The third kappa shape index (κ3) is 7.34. The van der Waals surface area contributed by atoms with Gasteiger partial charge in [0, 0.05) is 13.7 Å². The van der Waals surface area contributed by atoms with Crippen molar-refractivity contribution in [2.24, 2.45) is 0 Å². The molecule has 0 spiro atoms. The number of ether oxygens (including phenoxy) is 1. The molecule has 0 amide bonds. The molecule has 14 heavy (non-hydrogen) atoms. The summed E-state index contributed by atoms with van der Waals surface area (Å²) in [5.74, 6) is 0. The summed E-state index contributed by atoms with van der Waals surface area (Å²) in [5.41, 5.74) is 0. The predicted octanol–water partition coefficient (Wildman–Crippen LogP) is 3.17. The van der Waals surface area contributed by atoms with Crippen LogP contribution in [-0.2, 0) is 4.74 Å². The van der Waals surface area contributed by atoms with Crippen LogP contribution >= 0.6 is 0 Å². The minimum absolute atomic E-state index is 0.494. The Morgan fingerprint density at radius 1 is 1.21 bits per heavy atom. The van der Waals surface area contributed by atoms with Crippen molar-refractivity contribution in [1.82, 2.24) is 4.90 Å². The van der Waals surface area contributed by atoms with Gasteiger partial charge in [-0.05, 0) is 25.9 Å². The Balaban J connectivity index is 0. The van der Waals surface area contributed by atoms with Gasteiger partial charge in [0.25, 0.3) is 0 Å². The third-order valence-electron chi connectivity index (χ3n) is 2.24. The van der Waals surface area contributed by atoms with Crippen molar-refractivity contribution in [1.29, 1.82) is 0 Å². The molecule has 0 aromatic rings. The highest BCUT2D eigenvalue weighted by molar-refractivity contribution is 4.71. The van der Waals surface area contributed by atoms with Crippen molar-refractivity contribution >= 4 is 0 Å². The van der Waals surface area contributed by atoms with Gasteiger partial charge in [-0.25, -0.2) is 0 Å². The van der Waals surface area contributed by atoms with Gasteiger partial charge in [0.15, 0.2) is 0 Å². The summed E-state index contributed by atoms with van der Waals surface area (Å²) in [4.78, 5) is 2.44. The first-order valence-electron chi connectivity index (χ1n) is 6.12. The maximum Gasteiger partial charge on any atom is 0.0698 e. The summed E-state index contributed by atoms with van der Waals surface area (Å²) >= 11 is 0. The van der Waals surface area contributed by atoms with Gasteiger partial charge >= 0.3 is 0 Å². The summed E-state index contributed by atoms with van der Waals surface area (Å²) in [6, 6.07) is 0. The van der Waals surface area contributed by atoms with Crippen LogP contribution in [-0.4, -0.2) is 37.7 Å². The van der Waals surface area contributed by atoms with Crippen LogP contribution in [0.5, 0.6) is 0 Å². The average molecular weight is 203 g/mol. The average Bonchev–Trinajstić information content (AvgIpc) is 2.34. The highest BCUT2D eigenvalue weighted by Crippen LogP contribution is 2.11. The Labute approximate surface area is 90.6 Å². The number of methoxy groups -OCH3 is 1. The molecule has 0 aromatic heterocycles. The lowest BCUT2D eigenvalue weighted by atomic mass is 10.1. The van der Waals surface area contributed by atoms with E-state index in [1.165, 1.54) is 25.9 Å². The molecule has 0 aliphatic carbocycles. The summed E-state index contributed by atoms with van der Waals surface area (Å²) in [6.45, 7) is 13.8. The fraction of sp³-hybridized carbons (Fsp3) is 1.00. The molecule has 0 saturated carbocycles. The van der Waals surface area contributed by atoms with Gasteiger partial charge in [-0.3, -0.25) is 0 Å². The van der Waals surface area contributed by atoms with E-state index in [0.717, 1.165) is 6.54 Å². The van der Waals surface area contributed by atoms with Gasteiger partial charge in [-0.1, -0.05) is 34.6 Å². The van der Waals surface area contributed by atoms with Crippen molar-refractivity contribution in [2.45, 2.75) is 53.6 Å². The van der Waals surface area contributed by atoms with Gasteiger partial charge in [0.1, 0.15) is 0 Å². The first kappa shape index (κ1) is 16.4. The van der Waals surface area contributed by atoms with Gasteiger partial charge in [-0.2, -0.15) is 0 Å². The topological polar surface area (TPSA) is 12.5 Å². The fourth-order valence-corrected chi connectivity index (χ4v) is 1.49.